The van der Waals surface area contributed by atoms with Crippen molar-refractivity contribution in [3.8, 4) is 11.1 Å². The largest absolute Gasteiger partial charge is 0.206 e. The Balaban J connectivity index is 1.34. The van der Waals surface area contributed by atoms with Crippen molar-refractivity contribution in [3.05, 3.63) is 59.4 Å². The Morgan fingerprint density at radius 3 is 2.06 bits per heavy atom. The van der Waals surface area contributed by atoms with Gasteiger partial charge in [-0.25, -0.2) is 4.39 Å². The minimum atomic E-state index is -0.510. The van der Waals surface area contributed by atoms with E-state index in [0.29, 0.717) is 11.8 Å². The first-order valence-corrected chi connectivity index (χ1v) is 16.5. The summed E-state index contributed by atoms with van der Waals surface area (Å²) in [6.45, 7) is 4.60. The first kappa shape index (κ1) is 24.7. The second-order valence-electron chi connectivity index (χ2n) is 11.1. The fraction of sp³-hybridized carbons (Fsp3) is 0.613. The molecule has 180 valence electrons. The van der Waals surface area contributed by atoms with Gasteiger partial charge >= 0.3 is 0 Å². The summed E-state index contributed by atoms with van der Waals surface area (Å²) in [7, 11) is -0.510. The lowest BCUT2D eigenvalue weighted by atomic mass is 9.77. The maximum atomic E-state index is 15.2. The second kappa shape index (κ2) is 12.3. The molecule has 0 atom stereocenters. The molecule has 0 bridgehead atoms. The summed E-state index contributed by atoms with van der Waals surface area (Å²) in [5.74, 6) is 2.17. The van der Waals surface area contributed by atoms with Crippen molar-refractivity contribution in [1.82, 2.24) is 0 Å². The molecule has 2 aromatic carbocycles. The normalized spacial score (nSPS) is 25.8. The molecule has 1 saturated carbocycles. The summed E-state index contributed by atoms with van der Waals surface area (Å²) in [5, 5.41) is 0. The second-order valence-corrected chi connectivity index (χ2v) is 14.5. The van der Waals surface area contributed by atoms with Crippen LogP contribution < -0.4 is 0 Å². The van der Waals surface area contributed by atoms with Gasteiger partial charge in [0.2, 0.25) is 0 Å². The summed E-state index contributed by atoms with van der Waals surface area (Å²) < 4.78 is 15.2. The summed E-state index contributed by atoms with van der Waals surface area (Å²) >= 11 is 0. The topological polar surface area (TPSA) is 0 Å². The molecule has 33 heavy (non-hydrogen) atoms. The Hall–Kier alpha value is -1.41. The van der Waals surface area contributed by atoms with E-state index in [0.717, 1.165) is 17.0 Å². The highest BCUT2D eigenvalue weighted by Crippen LogP contribution is 2.39. The van der Waals surface area contributed by atoms with E-state index in [1.54, 1.807) is 0 Å². The van der Waals surface area contributed by atoms with Crippen molar-refractivity contribution in [2.45, 2.75) is 114 Å². The van der Waals surface area contributed by atoms with Gasteiger partial charge in [0, 0.05) is 14.4 Å². The van der Waals surface area contributed by atoms with Crippen molar-refractivity contribution in [3.63, 3.8) is 0 Å². The van der Waals surface area contributed by atoms with Gasteiger partial charge in [-0.05, 0) is 79.0 Å². The molecule has 1 heterocycles. The Kier molecular flexibility index (Phi) is 9.24. The van der Waals surface area contributed by atoms with E-state index in [1.165, 1.54) is 99.9 Å². The molecule has 2 aliphatic rings. The van der Waals surface area contributed by atoms with E-state index < -0.39 is 8.80 Å². The number of hydrogen-bond acceptors (Lipinski definition) is 0. The van der Waals surface area contributed by atoms with E-state index >= 15 is 4.39 Å². The van der Waals surface area contributed by atoms with Gasteiger partial charge < -0.3 is 0 Å². The zero-order chi connectivity index (χ0) is 23.0. The monoisotopic (exact) mass is 464 g/mol. The maximum Gasteiger partial charge on any atom is 0.131 e. The molecule has 0 spiro atoms. The van der Waals surface area contributed by atoms with Crippen LogP contribution >= 0.6 is 0 Å². The van der Waals surface area contributed by atoms with Gasteiger partial charge in [-0.15, -0.1) is 0 Å². The lowest BCUT2D eigenvalue weighted by Gasteiger charge is -2.29. The van der Waals surface area contributed by atoms with Crippen LogP contribution in [0, 0.1) is 11.7 Å². The van der Waals surface area contributed by atoms with E-state index in [-0.39, 0.29) is 5.82 Å². The summed E-state index contributed by atoms with van der Waals surface area (Å²) in [4.78, 5) is 0. The maximum absolute atomic E-state index is 15.2. The molecule has 0 nitrogen and oxygen atoms in total. The molecule has 0 aromatic heterocycles. The Morgan fingerprint density at radius 1 is 0.758 bits per heavy atom. The highest BCUT2D eigenvalue weighted by atomic mass is 28.3. The molecule has 0 radical (unpaired) electrons. The van der Waals surface area contributed by atoms with E-state index in [9.17, 15) is 0 Å². The molecule has 0 amide bonds. The first-order valence-electron chi connectivity index (χ1n) is 14.1. The van der Waals surface area contributed by atoms with Gasteiger partial charge in [-0.1, -0.05) is 100 Å². The van der Waals surface area contributed by atoms with Gasteiger partial charge in [-0.2, -0.15) is 0 Å². The van der Waals surface area contributed by atoms with Crippen molar-refractivity contribution < 1.29 is 4.39 Å². The van der Waals surface area contributed by atoms with Crippen molar-refractivity contribution in [1.29, 1.82) is 0 Å². The van der Waals surface area contributed by atoms with Crippen LogP contribution in [-0.4, -0.2) is 8.80 Å². The fourth-order valence-electron chi connectivity index (χ4n) is 6.61. The van der Waals surface area contributed by atoms with Crippen LogP contribution in [0.1, 0.15) is 107 Å². The van der Waals surface area contributed by atoms with Crippen LogP contribution in [-0.2, 0) is 0 Å². The minimum absolute atomic E-state index is 0.0392. The van der Waals surface area contributed by atoms with E-state index in [4.69, 9.17) is 0 Å². The molecule has 2 heteroatoms. The minimum Gasteiger partial charge on any atom is -0.206 e. The predicted octanol–water partition coefficient (Wildman–Crippen LogP) is 9.86. The lowest BCUT2D eigenvalue weighted by Crippen LogP contribution is -2.20. The lowest BCUT2D eigenvalue weighted by molar-refractivity contribution is 0.308. The quantitative estimate of drug-likeness (QED) is 0.256. The summed E-state index contributed by atoms with van der Waals surface area (Å²) in [6.07, 6.45) is 14.8. The third-order valence-electron chi connectivity index (χ3n) is 8.76. The summed E-state index contributed by atoms with van der Waals surface area (Å²) in [5.41, 5.74) is 4.47. The first-order chi connectivity index (χ1) is 16.2. The molecule has 0 N–H and O–H groups in total. The molecule has 1 aliphatic heterocycles. The zero-order valence-electron chi connectivity index (χ0n) is 21.1. The third kappa shape index (κ3) is 6.59. The van der Waals surface area contributed by atoms with Gasteiger partial charge in [0.1, 0.15) is 5.82 Å². The van der Waals surface area contributed by atoms with Crippen molar-refractivity contribution >= 4 is 8.80 Å². The molecule has 2 aromatic rings. The predicted molar refractivity (Wildman–Crippen MR) is 145 cm³/mol. The average Bonchev–Trinajstić information content (AvgIpc) is 2.85. The summed E-state index contributed by atoms with van der Waals surface area (Å²) in [6, 6.07) is 19.4. The van der Waals surface area contributed by atoms with Gasteiger partial charge in [0.25, 0.3) is 0 Å². The van der Waals surface area contributed by atoms with Crippen LogP contribution in [0.2, 0.25) is 18.1 Å². The number of halogens is 1. The standard InChI is InChI=1S/C31H45FSi/c1-3-5-6-20-33-21-18-27(19-22-33)29-16-17-30(31(32)23-29)28-14-12-26(13-15-28)25-10-8-24(7-4-2)9-11-25/h12-17,23-25,27,33H,3-11,18-22H2,1-2H3/t24-,25-,27?,33?. The van der Waals surface area contributed by atoms with E-state index in [1.807, 2.05) is 12.1 Å². The van der Waals surface area contributed by atoms with Crippen molar-refractivity contribution in [2.24, 2.45) is 5.92 Å². The third-order valence-corrected chi connectivity index (χ3v) is 12.3. The molecule has 4 rings (SSSR count). The Bertz CT molecular complexity index is 842. The average molecular weight is 465 g/mol. The molecular formula is C31H45FSi. The molecule has 0 unspecified atom stereocenters. The Morgan fingerprint density at radius 2 is 1.42 bits per heavy atom. The fourth-order valence-corrected chi connectivity index (χ4v) is 10.1. The molecule has 1 aliphatic carbocycles. The number of unbranched alkanes of at least 4 members (excludes halogenated alkanes) is 2. The van der Waals surface area contributed by atoms with Crippen molar-refractivity contribution in [2.75, 3.05) is 0 Å². The van der Waals surface area contributed by atoms with Crippen LogP contribution in [0.5, 0.6) is 0 Å². The highest BCUT2D eigenvalue weighted by Gasteiger charge is 2.24. The number of benzene rings is 2. The molecular weight excluding hydrogens is 419 g/mol. The van der Waals surface area contributed by atoms with E-state index in [2.05, 4.69) is 44.2 Å². The SMILES string of the molecule is CCCCC[SiH]1CCC(c2ccc(-c3ccc([C@H]4CC[C@H](CCC)CC4)cc3)c(F)c2)CC1. The highest BCUT2D eigenvalue weighted by molar-refractivity contribution is 6.59. The van der Waals surface area contributed by atoms with Gasteiger partial charge in [0.15, 0.2) is 0 Å². The molecule has 1 saturated heterocycles. The van der Waals surface area contributed by atoms with Gasteiger partial charge in [-0.3, -0.25) is 0 Å². The van der Waals surface area contributed by atoms with Gasteiger partial charge in [0.05, 0.1) is 0 Å². The van der Waals surface area contributed by atoms with Crippen LogP contribution in [0.15, 0.2) is 42.5 Å². The zero-order valence-corrected chi connectivity index (χ0v) is 22.3. The smallest absolute Gasteiger partial charge is 0.131 e. The number of hydrogen-bond donors (Lipinski definition) is 0. The van der Waals surface area contributed by atoms with Crippen LogP contribution in [0.25, 0.3) is 11.1 Å². The Labute approximate surface area is 204 Å². The number of rotatable bonds is 9. The van der Waals surface area contributed by atoms with Crippen LogP contribution in [0.4, 0.5) is 4.39 Å². The molecule has 2 fully saturated rings. The van der Waals surface area contributed by atoms with Crippen LogP contribution in [0.3, 0.4) is 0 Å².